The van der Waals surface area contributed by atoms with Gasteiger partial charge in [-0.3, -0.25) is 9.48 Å². The summed E-state index contributed by atoms with van der Waals surface area (Å²) in [7, 11) is 1.76. The Kier molecular flexibility index (Phi) is 4.49. The Morgan fingerprint density at radius 3 is 2.75 bits per heavy atom. The van der Waals surface area contributed by atoms with Gasteiger partial charge in [0.05, 0.1) is 5.69 Å². The fourth-order valence-corrected chi connectivity index (χ4v) is 1.55. The Morgan fingerprint density at radius 1 is 1.56 bits per heavy atom. The maximum atomic E-state index is 12.1. The normalized spacial score (nSPS) is 10.5. The van der Waals surface area contributed by atoms with Gasteiger partial charge in [-0.05, 0) is 19.4 Å². The molecule has 16 heavy (non-hydrogen) atoms. The first-order chi connectivity index (χ1) is 7.63. The molecule has 1 rings (SSSR count). The van der Waals surface area contributed by atoms with E-state index in [1.165, 1.54) is 0 Å². The van der Waals surface area contributed by atoms with Gasteiger partial charge in [-0.25, -0.2) is 0 Å². The van der Waals surface area contributed by atoms with E-state index in [-0.39, 0.29) is 5.91 Å². The summed E-state index contributed by atoms with van der Waals surface area (Å²) in [5, 5.41) is 4.35. The van der Waals surface area contributed by atoms with Crippen LogP contribution in [-0.2, 0) is 13.0 Å². The second-order valence-electron chi connectivity index (χ2n) is 3.71. The molecule has 0 aliphatic carbocycles. The molecule has 0 saturated carbocycles. The highest BCUT2D eigenvalue weighted by Gasteiger charge is 2.17. The van der Waals surface area contributed by atoms with Crippen LogP contribution in [0.15, 0.2) is 6.07 Å². The minimum absolute atomic E-state index is 0.0144. The lowest BCUT2D eigenvalue weighted by Crippen LogP contribution is -2.33. The summed E-state index contributed by atoms with van der Waals surface area (Å²) in [5.74, 6) is -0.0144. The van der Waals surface area contributed by atoms with Gasteiger partial charge in [-0.1, -0.05) is 6.92 Å². The van der Waals surface area contributed by atoms with Crippen LogP contribution in [-0.4, -0.2) is 40.7 Å². The standard InChI is InChI=1S/C11H20N4O/c1-4-9-8-10(15(5-2)13-9)11(16)14(3)7-6-12/h8H,4-7,12H2,1-3H3. The largest absolute Gasteiger partial charge is 0.339 e. The molecule has 1 amide bonds. The molecule has 0 aromatic carbocycles. The summed E-state index contributed by atoms with van der Waals surface area (Å²) < 4.78 is 1.74. The lowest BCUT2D eigenvalue weighted by Gasteiger charge is -2.16. The number of aromatic nitrogens is 2. The number of rotatable bonds is 5. The zero-order valence-electron chi connectivity index (χ0n) is 10.2. The molecule has 0 radical (unpaired) electrons. The zero-order chi connectivity index (χ0) is 12.1. The van der Waals surface area contributed by atoms with Crippen molar-refractivity contribution in [3.8, 4) is 0 Å². The van der Waals surface area contributed by atoms with Gasteiger partial charge in [0, 0.05) is 26.7 Å². The van der Waals surface area contributed by atoms with Gasteiger partial charge >= 0.3 is 0 Å². The first-order valence-electron chi connectivity index (χ1n) is 5.66. The molecule has 0 aliphatic heterocycles. The minimum atomic E-state index is -0.0144. The van der Waals surface area contributed by atoms with Crippen LogP contribution in [0.4, 0.5) is 0 Å². The summed E-state index contributed by atoms with van der Waals surface area (Å²) in [4.78, 5) is 13.7. The average molecular weight is 224 g/mol. The van der Waals surface area contributed by atoms with Crippen molar-refractivity contribution in [3.63, 3.8) is 0 Å². The van der Waals surface area contributed by atoms with Crippen LogP contribution in [0.25, 0.3) is 0 Å². The smallest absolute Gasteiger partial charge is 0.271 e. The van der Waals surface area contributed by atoms with Crippen molar-refractivity contribution in [3.05, 3.63) is 17.5 Å². The van der Waals surface area contributed by atoms with E-state index in [0.29, 0.717) is 25.3 Å². The number of nitrogens with zero attached hydrogens (tertiary/aromatic N) is 3. The van der Waals surface area contributed by atoms with Crippen LogP contribution in [0.5, 0.6) is 0 Å². The second kappa shape index (κ2) is 5.65. The fraction of sp³-hybridized carbons (Fsp3) is 0.636. The fourth-order valence-electron chi connectivity index (χ4n) is 1.55. The Labute approximate surface area is 96.2 Å². The predicted molar refractivity (Wildman–Crippen MR) is 63.3 cm³/mol. The molecule has 5 heteroatoms. The number of hydrogen-bond donors (Lipinski definition) is 1. The van der Waals surface area contributed by atoms with Crippen LogP contribution in [0.1, 0.15) is 30.0 Å². The van der Waals surface area contributed by atoms with Crippen molar-refractivity contribution >= 4 is 5.91 Å². The van der Waals surface area contributed by atoms with Crippen molar-refractivity contribution < 1.29 is 4.79 Å². The minimum Gasteiger partial charge on any atom is -0.339 e. The maximum Gasteiger partial charge on any atom is 0.271 e. The van der Waals surface area contributed by atoms with Crippen molar-refractivity contribution in [2.24, 2.45) is 5.73 Å². The van der Waals surface area contributed by atoms with E-state index in [9.17, 15) is 4.79 Å². The van der Waals surface area contributed by atoms with Gasteiger partial charge in [0.15, 0.2) is 0 Å². The topological polar surface area (TPSA) is 64.2 Å². The molecule has 0 unspecified atom stereocenters. The Hall–Kier alpha value is -1.36. The average Bonchev–Trinajstić information content (AvgIpc) is 2.71. The van der Waals surface area contributed by atoms with Crippen molar-refractivity contribution in [1.82, 2.24) is 14.7 Å². The van der Waals surface area contributed by atoms with E-state index in [0.717, 1.165) is 12.1 Å². The Balaban J connectivity index is 2.93. The number of nitrogens with two attached hydrogens (primary N) is 1. The molecular weight excluding hydrogens is 204 g/mol. The number of carbonyl (C=O) groups is 1. The van der Waals surface area contributed by atoms with Crippen LogP contribution >= 0.6 is 0 Å². The molecule has 5 nitrogen and oxygen atoms in total. The van der Waals surface area contributed by atoms with E-state index in [4.69, 9.17) is 5.73 Å². The summed E-state index contributed by atoms with van der Waals surface area (Å²) in [5.41, 5.74) is 7.03. The van der Waals surface area contributed by atoms with Gasteiger partial charge in [0.2, 0.25) is 0 Å². The third-order valence-electron chi connectivity index (χ3n) is 2.52. The van der Waals surface area contributed by atoms with Crippen LogP contribution in [0.2, 0.25) is 0 Å². The summed E-state index contributed by atoms with van der Waals surface area (Å²) >= 11 is 0. The highest BCUT2D eigenvalue weighted by atomic mass is 16.2. The number of likely N-dealkylation sites (N-methyl/N-ethyl adjacent to an activating group) is 1. The predicted octanol–water partition coefficient (Wildman–Crippen LogP) is 0.496. The van der Waals surface area contributed by atoms with E-state index in [1.54, 1.807) is 16.6 Å². The highest BCUT2D eigenvalue weighted by Crippen LogP contribution is 2.08. The second-order valence-corrected chi connectivity index (χ2v) is 3.71. The SMILES string of the molecule is CCc1cc(C(=O)N(C)CCN)n(CC)n1. The Morgan fingerprint density at radius 2 is 2.25 bits per heavy atom. The first-order valence-corrected chi connectivity index (χ1v) is 5.66. The molecule has 0 atom stereocenters. The number of aryl methyl sites for hydroxylation is 2. The van der Waals surface area contributed by atoms with E-state index in [1.807, 2.05) is 19.9 Å². The molecule has 0 bridgehead atoms. The molecule has 0 spiro atoms. The van der Waals surface area contributed by atoms with E-state index < -0.39 is 0 Å². The first kappa shape index (κ1) is 12.7. The van der Waals surface area contributed by atoms with Crippen molar-refractivity contribution in [1.29, 1.82) is 0 Å². The van der Waals surface area contributed by atoms with Gasteiger partial charge in [0.25, 0.3) is 5.91 Å². The maximum absolute atomic E-state index is 12.1. The van der Waals surface area contributed by atoms with Gasteiger partial charge in [0.1, 0.15) is 5.69 Å². The molecular formula is C11H20N4O. The van der Waals surface area contributed by atoms with Gasteiger partial charge < -0.3 is 10.6 Å². The van der Waals surface area contributed by atoms with Crippen LogP contribution in [0.3, 0.4) is 0 Å². The summed E-state index contributed by atoms with van der Waals surface area (Å²) in [6.45, 7) is 5.75. The third-order valence-corrected chi connectivity index (χ3v) is 2.52. The summed E-state index contributed by atoms with van der Waals surface area (Å²) in [6.07, 6.45) is 0.841. The molecule has 1 aromatic heterocycles. The molecule has 1 heterocycles. The molecule has 1 aromatic rings. The quantitative estimate of drug-likeness (QED) is 0.792. The van der Waals surface area contributed by atoms with Gasteiger partial charge in [-0.15, -0.1) is 0 Å². The van der Waals surface area contributed by atoms with E-state index in [2.05, 4.69) is 5.10 Å². The van der Waals surface area contributed by atoms with Crippen molar-refractivity contribution in [2.75, 3.05) is 20.1 Å². The lowest BCUT2D eigenvalue weighted by molar-refractivity contribution is 0.0787. The molecule has 0 saturated heterocycles. The third kappa shape index (κ3) is 2.61. The van der Waals surface area contributed by atoms with Crippen molar-refractivity contribution in [2.45, 2.75) is 26.8 Å². The number of amides is 1. The van der Waals surface area contributed by atoms with E-state index >= 15 is 0 Å². The highest BCUT2D eigenvalue weighted by molar-refractivity contribution is 5.92. The van der Waals surface area contributed by atoms with Crippen LogP contribution in [0, 0.1) is 0 Å². The molecule has 0 aliphatic rings. The van der Waals surface area contributed by atoms with Gasteiger partial charge in [-0.2, -0.15) is 5.10 Å². The molecule has 2 N–H and O–H groups in total. The molecule has 0 fully saturated rings. The summed E-state index contributed by atoms with van der Waals surface area (Å²) in [6, 6.07) is 1.86. The molecule has 90 valence electrons. The lowest BCUT2D eigenvalue weighted by atomic mass is 10.3. The number of carbonyl (C=O) groups excluding carboxylic acids is 1. The zero-order valence-corrected chi connectivity index (χ0v) is 10.2. The monoisotopic (exact) mass is 224 g/mol. The Bertz CT molecular complexity index is 359. The van der Waals surface area contributed by atoms with Crippen LogP contribution < -0.4 is 5.73 Å². The number of hydrogen-bond acceptors (Lipinski definition) is 3.